The van der Waals surface area contributed by atoms with Crippen molar-refractivity contribution in [2.75, 3.05) is 7.11 Å². The number of hydrogen-bond donors (Lipinski definition) is 1. The molecule has 0 aliphatic carbocycles. The van der Waals surface area contributed by atoms with Gasteiger partial charge in [-0.1, -0.05) is 12.1 Å². The van der Waals surface area contributed by atoms with Crippen LogP contribution in [-0.4, -0.2) is 32.6 Å². The van der Waals surface area contributed by atoms with Gasteiger partial charge in [0.15, 0.2) is 0 Å². The average Bonchev–Trinajstić information content (AvgIpc) is 2.87. The number of rotatable bonds is 4. The summed E-state index contributed by atoms with van der Waals surface area (Å²) < 4.78 is 7.59. The number of oxime groups is 1. The zero-order chi connectivity index (χ0) is 19.9. The van der Waals surface area contributed by atoms with Crippen LogP contribution in [0.2, 0.25) is 0 Å². The molecule has 6 heteroatoms. The molecule has 0 amide bonds. The Balaban J connectivity index is 2.46. The van der Waals surface area contributed by atoms with E-state index in [0.29, 0.717) is 23.7 Å². The van der Waals surface area contributed by atoms with Crippen LogP contribution in [-0.2, 0) is 0 Å². The predicted molar refractivity (Wildman–Crippen MR) is 108 cm³/mol. The van der Waals surface area contributed by atoms with E-state index in [1.807, 2.05) is 26.0 Å². The fourth-order valence-corrected chi connectivity index (χ4v) is 3.73. The first-order valence-corrected chi connectivity index (χ1v) is 9.07. The molecular weight excluding hydrogens is 340 g/mol. The van der Waals surface area contributed by atoms with Crippen LogP contribution in [0.5, 0.6) is 5.75 Å². The summed E-state index contributed by atoms with van der Waals surface area (Å²) in [6.07, 6.45) is 0.590. The molecule has 0 saturated carbocycles. The first-order chi connectivity index (χ1) is 12.8. The van der Waals surface area contributed by atoms with Crippen molar-refractivity contribution < 1.29 is 9.94 Å². The zero-order valence-corrected chi connectivity index (χ0v) is 17.0. The molecule has 27 heavy (non-hydrogen) atoms. The number of hydrogen-bond acceptors (Lipinski definition) is 5. The Morgan fingerprint density at radius 1 is 1.11 bits per heavy atom. The molecule has 6 nitrogen and oxygen atoms in total. The minimum atomic E-state index is 0.564. The molecule has 0 radical (unpaired) electrons. The fourth-order valence-electron chi connectivity index (χ4n) is 3.73. The van der Waals surface area contributed by atoms with Crippen LogP contribution in [0.15, 0.2) is 17.3 Å². The van der Waals surface area contributed by atoms with Crippen LogP contribution in [0, 0.1) is 34.6 Å². The Labute approximate surface area is 159 Å². The summed E-state index contributed by atoms with van der Waals surface area (Å²) >= 11 is 0. The Hall–Kier alpha value is -2.89. The summed E-state index contributed by atoms with van der Waals surface area (Å²) in [5, 5.41) is 13.9. The maximum absolute atomic E-state index is 9.47. The second-order valence-corrected chi connectivity index (χ2v) is 6.87. The molecular formula is C21H26N4O2. The highest BCUT2D eigenvalue weighted by molar-refractivity contribution is 6.09. The van der Waals surface area contributed by atoms with E-state index in [0.717, 1.165) is 44.9 Å². The fraction of sp³-hybridized carbons (Fsp3) is 0.381. The van der Waals surface area contributed by atoms with E-state index >= 15 is 0 Å². The van der Waals surface area contributed by atoms with Crippen molar-refractivity contribution in [3.05, 3.63) is 46.0 Å². The lowest BCUT2D eigenvalue weighted by Crippen LogP contribution is -2.08. The Morgan fingerprint density at radius 3 is 2.26 bits per heavy atom. The standard InChI is InChI=1S/C21H26N4O2/c1-8-17(24-26)19-18-13(4)14(5)25(21(18)23-15(6)22-19)20-11(2)9-16(27-7)10-12(20)3/h9-10,26H,8H2,1-7H3/b24-17+. The minimum absolute atomic E-state index is 0.564. The van der Waals surface area contributed by atoms with Gasteiger partial charge < -0.3 is 9.94 Å². The molecule has 0 atom stereocenters. The summed E-state index contributed by atoms with van der Waals surface area (Å²) in [7, 11) is 1.68. The van der Waals surface area contributed by atoms with Gasteiger partial charge in [-0.25, -0.2) is 9.97 Å². The van der Waals surface area contributed by atoms with Gasteiger partial charge in [0.05, 0.1) is 18.2 Å². The average molecular weight is 366 g/mol. The van der Waals surface area contributed by atoms with E-state index in [9.17, 15) is 5.21 Å². The highest BCUT2D eigenvalue weighted by atomic mass is 16.5. The number of nitrogens with zero attached hydrogens (tertiary/aromatic N) is 4. The van der Waals surface area contributed by atoms with Gasteiger partial charge in [-0.2, -0.15) is 0 Å². The molecule has 142 valence electrons. The second kappa shape index (κ2) is 7.02. The highest BCUT2D eigenvalue weighted by Crippen LogP contribution is 2.34. The van der Waals surface area contributed by atoms with Gasteiger partial charge in [0, 0.05) is 5.69 Å². The first kappa shape index (κ1) is 18.9. The smallest absolute Gasteiger partial charge is 0.149 e. The lowest BCUT2D eigenvalue weighted by atomic mass is 10.1. The van der Waals surface area contributed by atoms with Gasteiger partial charge in [-0.3, -0.25) is 4.57 Å². The number of fused-ring (bicyclic) bond motifs is 1. The Morgan fingerprint density at radius 2 is 1.74 bits per heavy atom. The topological polar surface area (TPSA) is 72.5 Å². The molecule has 0 bridgehead atoms. The third kappa shape index (κ3) is 2.95. The summed E-state index contributed by atoms with van der Waals surface area (Å²) in [6, 6.07) is 4.06. The number of aromatic nitrogens is 3. The molecule has 3 rings (SSSR count). The minimum Gasteiger partial charge on any atom is -0.497 e. The monoisotopic (exact) mass is 366 g/mol. The van der Waals surface area contributed by atoms with E-state index < -0.39 is 0 Å². The van der Waals surface area contributed by atoms with Crippen LogP contribution in [0.3, 0.4) is 0 Å². The first-order valence-electron chi connectivity index (χ1n) is 9.07. The molecule has 2 heterocycles. The molecule has 3 aromatic rings. The molecule has 1 aromatic carbocycles. The lowest BCUT2D eigenvalue weighted by molar-refractivity contribution is 0.318. The SMILES string of the molecule is CC/C(=N\O)c1nc(C)nc2c1c(C)c(C)n2-c1c(C)cc(OC)cc1C. The normalized spacial score (nSPS) is 12.0. The van der Waals surface area contributed by atoms with Crippen molar-refractivity contribution in [1.29, 1.82) is 0 Å². The van der Waals surface area contributed by atoms with Crippen LogP contribution in [0.1, 0.15) is 47.2 Å². The second-order valence-electron chi connectivity index (χ2n) is 6.87. The van der Waals surface area contributed by atoms with E-state index in [-0.39, 0.29) is 0 Å². The molecule has 2 aromatic heterocycles. The summed E-state index contributed by atoms with van der Waals surface area (Å²) in [4.78, 5) is 9.34. The van der Waals surface area contributed by atoms with E-state index in [1.165, 1.54) is 0 Å². The van der Waals surface area contributed by atoms with Gasteiger partial charge in [0.2, 0.25) is 0 Å². The maximum Gasteiger partial charge on any atom is 0.149 e. The van der Waals surface area contributed by atoms with Crippen LogP contribution in [0.25, 0.3) is 16.7 Å². The Bertz CT molecular complexity index is 1040. The van der Waals surface area contributed by atoms with Crippen molar-refractivity contribution >= 4 is 16.7 Å². The van der Waals surface area contributed by atoms with Crippen molar-refractivity contribution in [1.82, 2.24) is 14.5 Å². The third-order valence-electron chi connectivity index (χ3n) is 5.12. The predicted octanol–water partition coefficient (Wildman–Crippen LogP) is 4.56. The maximum atomic E-state index is 9.47. The quantitative estimate of drug-likeness (QED) is 0.417. The number of aryl methyl sites for hydroxylation is 4. The Kier molecular flexibility index (Phi) is 4.91. The third-order valence-corrected chi connectivity index (χ3v) is 5.12. The van der Waals surface area contributed by atoms with E-state index in [2.05, 4.69) is 42.4 Å². The molecule has 0 fully saturated rings. The van der Waals surface area contributed by atoms with Gasteiger partial charge in [0.1, 0.15) is 28.6 Å². The number of ether oxygens (including phenoxy) is 1. The van der Waals surface area contributed by atoms with Crippen molar-refractivity contribution in [3.63, 3.8) is 0 Å². The van der Waals surface area contributed by atoms with Gasteiger partial charge in [-0.15, -0.1) is 0 Å². The largest absolute Gasteiger partial charge is 0.497 e. The molecule has 0 saturated heterocycles. The van der Waals surface area contributed by atoms with Gasteiger partial charge in [-0.05, 0) is 69.9 Å². The highest BCUT2D eigenvalue weighted by Gasteiger charge is 2.22. The number of benzene rings is 1. The molecule has 0 aliphatic heterocycles. The van der Waals surface area contributed by atoms with Crippen LogP contribution < -0.4 is 4.74 Å². The van der Waals surface area contributed by atoms with Gasteiger partial charge >= 0.3 is 0 Å². The van der Waals surface area contributed by atoms with Crippen molar-refractivity contribution in [3.8, 4) is 11.4 Å². The van der Waals surface area contributed by atoms with Gasteiger partial charge in [0.25, 0.3) is 0 Å². The summed E-state index contributed by atoms with van der Waals surface area (Å²) in [5.41, 5.74) is 7.58. The van der Waals surface area contributed by atoms with Crippen LogP contribution in [0.4, 0.5) is 0 Å². The lowest BCUT2D eigenvalue weighted by Gasteiger charge is -2.16. The summed E-state index contributed by atoms with van der Waals surface area (Å²) in [6.45, 7) is 12.1. The van der Waals surface area contributed by atoms with Crippen molar-refractivity contribution in [2.45, 2.75) is 48.0 Å². The number of methoxy groups -OCH3 is 1. The molecule has 0 unspecified atom stereocenters. The van der Waals surface area contributed by atoms with Crippen LogP contribution >= 0.6 is 0 Å². The van der Waals surface area contributed by atoms with E-state index in [4.69, 9.17) is 9.72 Å². The molecule has 0 aliphatic rings. The summed E-state index contributed by atoms with van der Waals surface area (Å²) in [5.74, 6) is 1.49. The van der Waals surface area contributed by atoms with Crippen molar-refractivity contribution in [2.24, 2.45) is 5.16 Å². The molecule has 0 spiro atoms. The van der Waals surface area contributed by atoms with E-state index in [1.54, 1.807) is 7.11 Å². The zero-order valence-electron chi connectivity index (χ0n) is 17.0. The molecule has 1 N–H and O–H groups in total.